The van der Waals surface area contributed by atoms with Crippen LogP contribution in [-0.2, 0) is 4.79 Å². The third kappa shape index (κ3) is 2.74. The molecule has 2 aliphatic rings. The molecule has 126 valence electrons. The van der Waals surface area contributed by atoms with Crippen molar-refractivity contribution in [3.05, 3.63) is 30.2 Å². The van der Waals surface area contributed by atoms with E-state index in [1.165, 1.54) is 12.8 Å². The molecular weight excluding hydrogens is 306 g/mol. The summed E-state index contributed by atoms with van der Waals surface area (Å²) in [6, 6.07) is 4.86. The van der Waals surface area contributed by atoms with E-state index in [9.17, 15) is 9.59 Å². The van der Waals surface area contributed by atoms with Gasteiger partial charge in [0.1, 0.15) is 6.04 Å². The monoisotopic (exact) mass is 327 g/mol. The van der Waals surface area contributed by atoms with Crippen LogP contribution in [0.25, 0.3) is 5.65 Å². The van der Waals surface area contributed by atoms with E-state index >= 15 is 0 Å². The van der Waals surface area contributed by atoms with Gasteiger partial charge < -0.3 is 10.2 Å². The summed E-state index contributed by atoms with van der Waals surface area (Å²) < 4.78 is 1.54. The molecule has 1 atom stereocenters. The van der Waals surface area contributed by atoms with Crippen molar-refractivity contribution < 1.29 is 9.59 Å². The molecule has 0 radical (unpaired) electrons. The number of carbonyl (C=O) groups excluding carboxylic acids is 2. The second-order valence-corrected chi connectivity index (χ2v) is 6.96. The van der Waals surface area contributed by atoms with Crippen LogP contribution < -0.4 is 5.32 Å². The van der Waals surface area contributed by atoms with Gasteiger partial charge in [0, 0.05) is 19.3 Å². The van der Waals surface area contributed by atoms with Crippen LogP contribution >= 0.6 is 0 Å². The number of piperidine rings is 1. The van der Waals surface area contributed by atoms with Gasteiger partial charge in [-0.05, 0) is 50.2 Å². The van der Waals surface area contributed by atoms with Gasteiger partial charge in [-0.1, -0.05) is 6.07 Å². The first-order valence-electron chi connectivity index (χ1n) is 8.47. The third-order valence-corrected chi connectivity index (χ3v) is 5.26. The SMILES string of the molecule is C[C@@H](NC(=O)c1nc2ccccn2n1)C(=O)N1CCC2(CC1)CC2. The van der Waals surface area contributed by atoms with Crippen molar-refractivity contribution in [2.75, 3.05) is 13.1 Å². The van der Waals surface area contributed by atoms with E-state index in [0.29, 0.717) is 11.1 Å². The van der Waals surface area contributed by atoms with Gasteiger partial charge in [-0.15, -0.1) is 5.10 Å². The van der Waals surface area contributed by atoms with Crippen LogP contribution in [0.5, 0.6) is 0 Å². The predicted octanol–water partition coefficient (Wildman–Crippen LogP) is 1.25. The lowest BCUT2D eigenvalue weighted by Gasteiger charge is -2.33. The van der Waals surface area contributed by atoms with Crippen LogP contribution in [0.15, 0.2) is 24.4 Å². The van der Waals surface area contributed by atoms with Crippen molar-refractivity contribution in [3.8, 4) is 0 Å². The summed E-state index contributed by atoms with van der Waals surface area (Å²) in [7, 11) is 0. The highest BCUT2D eigenvalue weighted by molar-refractivity contribution is 5.95. The van der Waals surface area contributed by atoms with E-state index < -0.39 is 11.9 Å². The summed E-state index contributed by atoms with van der Waals surface area (Å²) in [4.78, 5) is 30.9. The summed E-state index contributed by atoms with van der Waals surface area (Å²) in [5.41, 5.74) is 1.14. The van der Waals surface area contributed by atoms with Crippen LogP contribution in [-0.4, -0.2) is 50.4 Å². The van der Waals surface area contributed by atoms with Gasteiger partial charge in [-0.3, -0.25) is 9.59 Å². The highest BCUT2D eigenvalue weighted by Crippen LogP contribution is 2.53. The zero-order chi connectivity index (χ0) is 16.7. The lowest BCUT2D eigenvalue weighted by Crippen LogP contribution is -2.49. The number of rotatable bonds is 3. The standard InChI is InChI=1S/C17H21N5O2/c1-12(16(24)21-10-7-17(5-6-17)8-11-21)18-15(23)14-19-13-4-2-3-9-22(13)20-14/h2-4,9,12H,5-8,10-11H2,1H3,(H,18,23)/t12-/m1/s1. The molecule has 24 heavy (non-hydrogen) atoms. The Morgan fingerprint density at radius 2 is 1.96 bits per heavy atom. The summed E-state index contributed by atoms with van der Waals surface area (Å²) in [6.07, 6.45) is 6.53. The number of nitrogens with zero attached hydrogens (tertiary/aromatic N) is 4. The van der Waals surface area contributed by atoms with Crippen LogP contribution in [0, 0.1) is 5.41 Å². The number of hydrogen-bond donors (Lipinski definition) is 1. The fraction of sp³-hybridized carbons (Fsp3) is 0.529. The topological polar surface area (TPSA) is 79.6 Å². The van der Waals surface area contributed by atoms with E-state index in [1.807, 2.05) is 17.0 Å². The van der Waals surface area contributed by atoms with Crippen molar-refractivity contribution in [1.29, 1.82) is 0 Å². The zero-order valence-corrected chi connectivity index (χ0v) is 13.7. The molecule has 0 aromatic carbocycles. The molecule has 1 N–H and O–H groups in total. The van der Waals surface area contributed by atoms with Gasteiger partial charge in [-0.2, -0.15) is 0 Å². The maximum atomic E-state index is 12.5. The molecule has 2 aromatic rings. The minimum atomic E-state index is -0.572. The lowest BCUT2D eigenvalue weighted by molar-refractivity contribution is -0.134. The molecule has 1 saturated carbocycles. The molecule has 2 amide bonds. The van der Waals surface area contributed by atoms with Crippen LogP contribution in [0.2, 0.25) is 0 Å². The molecule has 4 rings (SSSR count). The van der Waals surface area contributed by atoms with Crippen LogP contribution in [0.1, 0.15) is 43.2 Å². The van der Waals surface area contributed by atoms with Gasteiger partial charge in [0.05, 0.1) is 0 Å². The van der Waals surface area contributed by atoms with Crippen LogP contribution in [0.3, 0.4) is 0 Å². The number of aromatic nitrogens is 3. The number of fused-ring (bicyclic) bond motifs is 1. The number of likely N-dealkylation sites (tertiary alicyclic amines) is 1. The Hall–Kier alpha value is -2.44. The quantitative estimate of drug-likeness (QED) is 0.920. The van der Waals surface area contributed by atoms with E-state index in [2.05, 4.69) is 15.4 Å². The van der Waals surface area contributed by atoms with Gasteiger partial charge in [-0.25, -0.2) is 9.50 Å². The van der Waals surface area contributed by atoms with Crippen LogP contribution in [0.4, 0.5) is 0 Å². The minimum Gasteiger partial charge on any atom is -0.341 e. The fourth-order valence-corrected chi connectivity index (χ4v) is 3.40. The summed E-state index contributed by atoms with van der Waals surface area (Å²) in [5.74, 6) is -0.366. The fourth-order valence-electron chi connectivity index (χ4n) is 3.40. The minimum absolute atomic E-state index is 0.0254. The molecule has 3 heterocycles. The molecule has 2 fully saturated rings. The number of hydrogen-bond acceptors (Lipinski definition) is 4. The van der Waals surface area contributed by atoms with Crippen molar-refractivity contribution in [2.24, 2.45) is 5.41 Å². The number of pyridine rings is 1. The molecule has 1 spiro atoms. The molecular formula is C17H21N5O2. The molecule has 7 nitrogen and oxygen atoms in total. The third-order valence-electron chi connectivity index (χ3n) is 5.26. The normalized spacial score (nSPS) is 20.1. The molecule has 1 aliphatic heterocycles. The Morgan fingerprint density at radius 1 is 1.21 bits per heavy atom. The molecule has 0 bridgehead atoms. The number of nitrogens with one attached hydrogen (secondary N) is 1. The van der Waals surface area contributed by atoms with Crippen molar-refractivity contribution in [1.82, 2.24) is 24.8 Å². The number of carbonyl (C=O) groups is 2. The van der Waals surface area contributed by atoms with Gasteiger partial charge in [0.2, 0.25) is 11.7 Å². The maximum Gasteiger partial charge on any atom is 0.291 e. The Morgan fingerprint density at radius 3 is 2.62 bits per heavy atom. The van der Waals surface area contributed by atoms with E-state index in [-0.39, 0.29) is 11.7 Å². The highest BCUT2D eigenvalue weighted by atomic mass is 16.2. The van der Waals surface area contributed by atoms with Gasteiger partial charge in [0.25, 0.3) is 5.91 Å². The lowest BCUT2D eigenvalue weighted by atomic mass is 9.93. The first-order chi connectivity index (χ1) is 11.6. The van der Waals surface area contributed by atoms with Crippen molar-refractivity contribution in [3.63, 3.8) is 0 Å². The molecule has 1 saturated heterocycles. The summed E-state index contributed by atoms with van der Waals surface area (Å²) >= 11 is 0. The Balaban J connectivity index is 1.38. The maximum absolute atomic E-state index is 12.5. The molecule has 2 aromatic heterocycles. The van der Waals surface area contributed by atoms with Crippen molar-refractivity contribution in [2.45, 2.75) is 38.6 Å². The Labute approximate surface area is 140 Å². The predicted molar refractivity (Wildman–Crippen MR) is 87.4 cm³/mol. The average molecular weight is 327 g/mol. The number of amides is 2. The van der Waals surface area contributed by atoms with Gasteiger partial charge in [0.15, 0.2) is 5.65 Å². The Kier molecular flexibility index (Phi) is 3.51. The Bertz CT molecular complexity index is 752. The molecule has 1 aliphatic carbocycles. The van der Waals surface area contributed by atoms with E-state index in [1.54, 1.807) is 23.7 Å². The molecule has 7 heteroatoms. The zero-order valence-electron chi connectivity index (χ0n) is 13.7. The molecule has 0 unspecified atom stereocenters. The second-order valence-electron chi connectivity index (χ2n) is 6.96. The van der Waals surface area contributed by atoms with E-state index in [4.69, 9.17) is 0 Å². The van der Waals surface area contributed by atoms with Gasteiger partial charge >= 0.3 is 0 Å². The summed E-state index contributed by atoms with van der Waals surface area (Å²) in [6.45, 7) is 3.31. The smallest absolute Gasteiger partial charge is 0.291 e. The van der Waals surface area contributed by atoms with E-state index in [0.717, 1.165) is 25.9 Å². The second kappa shape index (κ2) is 5.58. The first kappa shape index (κ1) is 15.1. The largest absolute Gasteiger partial charge is 0.341 e. The van der Waals surface area contributed by atoms with Crippen molar-refractivity contribution >= 4 is 17.5 Å². The highest BCUT2D eigenvalue weighted by Gasteiger charge is 2.45. The summed E-state index contributed by atoms with van der Waals surface area (Å²) in [5, 5.41) is 6.86. The first-order valence-corrected chi connectivity index (χ1v) is 8.47. The average Bonchev–Trinajstić information content (AvgIpc) is 3.20.